The Balaban J connectivity index is 1.75. The van der Waals surface area contributed by atoms with Crippen LogP contribution in [0.25, 0.3) is 0 Å². The largest absolute Gasteiger partial charge is 0.381 e. The summed E-state index contributed by atoms with van der Waals surface area (Å²) in [6.07, 6.45) is 4.76. The lowest BCUT2D eigenvalue weighted by Gasteiger charge is -2.22. The SMILES string of the molecule is O=C(CC1CCOC1)C1CCCCO1. The Hall–Kier alpha value is -0.410. The third kappa shape index (κ3) is 2.55. The van der Waals surface area contributed by atoms with Crippen molar-refractivity contribution in [3.8, 4) is 0 Å². The van der Waals surface area contributed by atoms with Crippen LogP contribution in [-0.4, -0.2) is 31.7 Å². The Morgan fingerprint density at radius 1 is 1.21 bits per heavy atom. The van der Waals surface area contributed by atoms with Gasteiger partial charge in [0, 0.05) is 26.2 Å². The first-order valence-corrected chi connectivity index (χ1v) is 5.58. The van der Waals surface area contributed by atoms with Crippen molar-refractivity contribution in [3.63, 3.8) is 0 Å². The van der Waals surface area contributed by atoms with Crippen LogP contribution in [0.3, 0.4) is 0 Å². The fourth-order valence-electron chi connectivity index (χ4n) is 2.15. The van der Waals surface area contributed by atoms with Gasteiger partial charge in [0.05, 0.1) is 0 Å². The average Bonchev–Trinajstić information content (AvgIpc) is 2.72. The summed E-state index contributed by atoms with van der Waals surface area (Å²) < 4.78 is 10.7. The lowest BCUT2D eigenvalue weighted by atomic mass is 9.96. The maximum absolute atomic E-state index is 11.8. The molecule has 2 rings (SSSR count). The summed E-state index contributed by atoms with van der Waals surface area (Å²) in [5, 5.41) is 0. The van der Waals surface area contributed by atoms with Gasteiger partial charge < -0.3 is 9.47 Å². The molecule has 2 aliphatic rings. The van der Waals surface area contributed by atoms with Crippen LogP contribution in [0.15, 0.2) is 0 Å². The monoisotopic (exact) mass is 198 g/mol. The molecule has 0 bridgehead atoms. The number of hydrogen-bond acceptors (Lipinski definition) is 3. The van der Waals surface area contributed by atoms with Gasteiger partial charge in [0.15, 0.2) is 5.78 Å². The second-order valence-corrected chi connectivity index (χ2v) is 4.26. The molecular weight excluding hydrogens is 180 g/mol. The smallest absolute Gasteiger partial charge is 0.161 e. The first-order valence-electron chi connectivity index (χ1n) is 5.58. The fourth-order valence-corrected chi connectivity index (χ4v) is 2.15. The van der Waals surface area contributed by atoms with Crippen molar-refractivity contribution in [2.75, 3.05) is 19.8 Å². The lowest BCUT2D eigenvalue weighted by Crippen LogP contribution is -2.29. The summed E-state index contributed by atoms with van der Waals surface area (Å²) in [6.45, 7) is 2.35. The number of Topliss-reactive ketones (excluding diaryl/α,β-unsaturated/α-hetero) is 1. The molecule has 0 N–H and O–H groups in total. The number of hydrogen-bond donors (Lipinski definition) is 0. The number of rotatable bonds is 3. The molecule has 2 saturated heterocycles. The summed E-state index contributed by atoms with van der Waals surface area (Å²) in [5.74, 6) is 0.744. The molecule has 14 heavy (non-hydrogen) atoms. The molecule has 0 aromatic heterocycles. The topological polar surface area (TPSA) is 35.5 Å². The van der Waals surface area contributed by atoms with Crippen molar-refractivity contribution in [2.45, 2.75) is 38.2 Å². The number of ether oxygens (including phenoxy) is 2. The quantitative estimate of drug-likeness (QED) is 0.690. The molecular formula is C11H18O3. The van der Waals surface area contributed by atoms with Crippen molar-refractivity contribution in [3.05, 3.63) is 0 Å². The zero-order chi connectivity index (χ0) is 9.80. The van der Waals surface area contributed by atoms with Crippen molar-refractivity contribution in [1.82, 2.24) is 0 Å². The maximum atomic E-state index is 11.8. The molecule has 2 fully saturated rings. The molecule has 0 radical (unpaired) electrons. The molecule has 3 heteroatoms. The predicted molar refractivity (Wildman–Crippen MR) is 52.1 cm³/mol. The van der Waals surface area contributed by atoms with E-state index in [0.717, 1.165) is 45.5 Å². The van der Waals surface area contributed by atoms with E-state index in [0.29, 0.717) is 18.1 Å². The van der Waals surface area contributed by atoms with E-state index in [1.165, 1.54) is 0 Å². The summed E-state index contributed by atoms with van der Waals surface area (Å²) in [7, 11) is 0. The minimum atomic E-state index is -0.107. The molecule has 0 aromatic rings. The average molecular weight is 198 g/mol. The molecule has 2 aliphatic heterocycles. The van der Waals surface area contributed by atoms with Crippen LogP contribution in [0, 0.1) is 5.92 Å². The summed E-state index contributed by atoms with van der Waals surface area (Å²) in [4.78, 5) is 11.8. The van der Waals surface area contributed by atoms with E-state index < -0.39 is 0 Å². The minimum Gasteiger partial charge on any atom is -0.381 e. The highest BCUT2D eigenvalue weighted by Crippen LogP contribution is 2.21. The van der Waals surface area contributed by atoms with Gasteiger partial charge >= 0.3 is 0 Å². The zero-order valence-electron chi connectivity index (χ0n) is 8.54. The van der Waals surface area contributed by atoms with Crippen molar-refractivity contribution >= 4 is 5.78 Å². The summed E-state index contributed by atoms with van der Waals surface area (Å²) in [6, 6.07) is 0. The Labute approximate surface area is 84.8 Å². The van der Waals surface area contributed by atoms with E-state index in [-0.39, 0.29) is 6.10 Å². The molecule has 2 unspecified atom stereocenters. The van der Waals surface area contributed by atoms with Crippen LogP contribution >= 0.6 is 0 Å². The molecule has 0 aliphatic carbocycles. The van der Waals surface area contributed by atoms with Gasteiger partial charge in [-0.15, -0.1) is 0 Å². The first kappa shape index (κ1) is 10.1. The van der Waals surface area contributed by atoms with Crippen molar-refractivity contribution in [1.29, 1.82) is 0 Å². The van der Waals surface area contributed by atoms with Crippen molar-refractivity contribution < 1.29 is 14.3 Å². The van der Waals surface area contributed by atoms with Gasteiger partial charge in [0.25, 0.3) is 0 Å². The third-order valence-corrected chi connectivity index (χ3v) is 3.05. The highest BCUT2D eigenvalue weighted by molar-refractivity contribution is 5.83. The highest BCUT2D eigenvalue weighted by Gasteiger charge is 2.26. The zero-order valence-corrected chi connectivity index (χ0v) is 8.54. The van der Waals surface area contributed by atoms with Crippen LogP contribution in [-0.2, 0) is 14.3 Å². The Bertz CT molecular complexity index is 191. The second kappa shape index (κ2) is 4.89. The van der Waals surface area contributed by atoms with Crippen LogP contribution in [0.5, 0.6) is 0 Å². The van der Waals surface area contributed by atoms with Gasteiger partial charge in [0.1, 0.15) is 6.10 Å². The minimum absolute atomic E-state index is 0.107. The predicted octanol–water partition coefficient (Wildman–Crippen LogP) is 1.55. The van der Waals surface area contributed by atoms with Gasteiger partial charge in [-0.2, -0.15) is 0 Å². The Morgan fingerprint density at radius 2 is 2.14 bits per heavy atom. The normalized spacial score (nSPS) is 33.1. The van der Waals surface area contributed by atoms with E-state index in [2.05, 4.69) is 0 Å². The number of carbonyl (C=O) groups excluding carboxylic acids is 1. The third-order valence-electron chi connectivity index (χ3n) is 3.05. The van der Waals surface area contributed by atoms with E-state index in [1.807, 2.05) is 0 Å². The van der Waals surface area contributed by atoms with Crippen LogP contribution < -0.4 is 0 Å². The maximum Gasteiger partial charge on any atom is 0.161 e. The molecule has 3 nitrogen and oxygen atoms in total. The molecule has 0 saturated carbocycles. The standard InChI is InChI=1S/C11H18O3/c12-10(7-9-4-6-13-8-9)11-3-1-2-5-14-11/h9,11H,1-8H2. The first-order chi connectivity index (χ1) is 6.86. The Kier molecular flexibility index (Phi) is 3.54. The number of ketones is 1. The van der Waals surface area contributed by atoms with Crippen LogP contribution in [0.1, 0.15) is 32.1 Å². The highest BCUT2D eigenvalue weighted by atomic mass is 16.5. The second-order valence-electron chi connectivity index (χ2n) is 4.26. The molecule has 2 heterocycles. The summed E-state index contributed by atoms with van der Waals surface area (Å²) in [5.41, 5.74) is 0. The lowest BCUT2D eigenvalue weighted by molar-refractivity contribution is -0.134. The molecule has 0 aromatic carbocycles. The van der Waals surface area contributed by atoms with Gasteiger partial charge in [-0.3, -0.25) is 4.79 Å². The van der Waals surface area contributed by atoms with E-state index in [1.54, 1.807) is 0 Å². The molecule has 2 atom stereocenters. The molecule has 80 valence electrons. The van der Waals surface area contributed by atoms with Crippen LogP contribution in [0.4, 0.5) is 0 Å². The molecule has 0 spiro atoms. The van der Waals surface area contributed by atoms with Gasteiger partial charge in [-0.05, 0) is 31.6 Å². The Morgan fingerprint density at radius 3 is 2.79 bits per heavy atom. The van der Waals surface area contributed by atoms with Gasteiger partial charge in [-0.1, -0.05) is 0 Å². The van der Waals surface area contributed by atoms with Gasteiger partial charge in [0.2, 0.25) is 0 Å². The van der Waals surface area contributed by atoms with Crippen molar-refractivity contribution in [2.24, 2.45) is 5.92 Å². The fraction of sp³-hybridized carbons (Fsp3) is 0.909. The van der Waals surface area contributed by atoms with Gasteiger partial charge in [-0.25, -0.2) is 0 Å². The number of carbonyl (C=O) groups is 1. The summed E-state index contributed by atoms with van der Waals surface area (Å²) >= 11 is 0. The van der Waals surface area contributed by atoms with E-state index in [9.17, 15) is 4.79 Å². The van der Waals surface area contributed by atoms with E-state index >= 15 is 0 Å². The van der Waals surface area contributed by atoms with Crippen LogP contribution in [0.2, 0.25) is 0 Å². The molecule has 0 amide bonds. The van der Waals surface area contributed by atoms with E-state index in [4.69, 9.17) is 9.47 Å².